The van der Waals surface area contributed by atoms with Crippen molar-refractivity contribution >= 4 is 35.8 Å². The van der Waals surface area contributed by atoms with Gasteiger partial charge in [-0.05, 0) is 44.7 Å². The normalized spacial score (nSPS) is 14.1. The van der Waals surface area contributed by atoms with Crippen molar-refractivity contribution in [2.75, 3.05) is 7.11 Å². The molecule has 0 heterocycles. The smallest absolute Gasteiger partial charge is 0.408 e. The number of hydrogen-bond acceptors (Lipinski definition) is 9. The Balaban J connectivity index is 2.13. The highest BCUT2D eigenvalue weighted by atomic mass is 16.6. The van der Waals surface area contributed by atoms with E-state index in [0.717, 1.165) is 11.1 Å². The maximum Gasteiger partial charge on any atom is 0.408 e. The van der Waals surface area contributed by atoms with Crippen LogP contribution in [0.3, 0.4) is 0 Å². The molecule has 2 aromatic rings. The Hall–Kier alpha value is -4.94. The SMILES string of the molecule is CCC(C)C(NC(=O)C(C)NC(=O)C(CC(=O)OCc1ccccc1)NC(=O)OC(C)(C)C)C(=O)NC(Cc1ccccc1)C(=O)OC. The number of esters is 2. The predicted octanol–water partition coefficient (Wildman–Crippen LogP) is 2.95. The third-order valence-corrected chi connectivity index (χ3v) is 7.25. The largest absolute Gasteiger partial charge is 0.467 e. The van der Waals surface area contributed by atoms with Crippen LogP contribution in [0.4, 0.5) is 4.79 Å². The van der Waals surface area contributed by atoms with Crippen molar-refractivity contribution in [3.63, 3.8) is 0 Å². The van der Waals surface area contributed by atoms with Crippen LogP contribution >= 0.6 is 0 Å². The summed E-state index contributed by atoms with van der Waals surface area (Å²) < 4.78 is 15.4. The van der Waals surface area contributed by atoms with Crippen molar-refractivity contribution in [2.24, 2.45) is 5.92 Å². The zero-order valence-corrected chi connectivity index (χ0v) is 28.7. The zero-order valence-electron chi connectivity index (χ0n) is 28.7. The summed E-state index contributed by atoms with van der Waals surface area (Å²) in [6, 6.07) is 13.3. The maximum absolute atomic E-state index is 13.4. The Morgan fingerprint density at radius 2 is 1.31 bits per heavy atom. The summed E-state index contributed by atoms with van der Waals surface area (Å²) in [5.41, 5.74) is 0.647. The minimum absolute atomic E-state index is 0.0412. The minimum atomic E-state index is -1.44. The van der Waals surface area contributed by atoms with Gasteiger partial charge in [0.15, 0.2) is 0 Å². The van der Waals surface area contributed by atoms with Crippen LogP contribution in [0.1, 0.15) is 65.5 Å². The van der Waals surface area contributed by atoms with Crippen LogP contribution in [0.25, 0.3) is 0 Å². The zero-order chi connectivity index (χ0) is 35.9. The molecular weight excluding hydrogens is 620 g/mol. The van der Waals surface area contributed by atoms with E-state index in [2.05, 4.69) is 21.3 Å². The summed E-state index contributed by atoms with van der Waals surface area (Å²) in [5.74, 6) is -3.92. The fourth-order valence-electron chi connectivity index (χ4n) is 4.43. The molecule has 4 amide bonds. The van der Waals surface area contributed by atoms with Crippen LogP contribution in [-0.2, 0) is 51.2 Å². The number of hydrogen-bond donors (Lipinski definition) is 4. The van der Waals surface area contributed by atoms with E-state index >= 15 is 0 Å². The Bertz CT molecular complexity index is 1380. The third kappa shape index (κ3) is 13.8. The maximum atomic E-state index is 13.4. The second-order valence-corrected chi connectivity index (χ2v) is 12.4. The van der Waals surface area contributed by atoms with Gasteiger partial charge in [-0.25, -0.2) is 9.59 Å². The Kier molecular flexibility index (Phi) is 15.5. The van der Waals surface area contributed by atoms with Crippen LogP contribution in [0.2, 0.25) is 0 Å². The quantitative estimate of drug-likeness (QED) is 0.155. The van der Waals surface area contributed by atoms with Crippen molar-refractivity contribution < 1.29 is 43.0 Å². The summed E-state index contributed by atoms with van der Waals surface area (Å²) >= 11 is 0. The molecule has 0 bridgehead atoms. The molecule has 0 saturated carbocycles. The number of rotatable bonds is 16. The Morgan fingerprint density at radius 3 is 1.85 bits per heavy atom. The minimum Gasteiger partial charge on any atom is -0.467 e. The van der Waals surface area contributed by atoms with Crippen LogP contribution < -0.4 is 21.3 Å². The predicted molar refractivity (Wildman–Crippen MR) is 177 cm³/mol. The standard InChI is InChI=1S/C35H48N4O9/c1-8-22(2)29(32(43)37-27(33(44)46-7)19-24-15-11-9-12-16-24)39-30(41)23(3)36-31(42)26(38-34(45)48-35(4,5)6)20-28(40)47-21-25-17-13-10-14-18-25/h9-18,22-23,26-27,29H,8,19-21H2,1-7H3,(H,36,42)(H,37,43)(H,38,45)(H,39,41). The topological polar surface area (TPSA) is 178 Å². The van der Waals surface area contributed by atoms with Gasteiger partial charge in [-0.1, -0.05) is 80.9 Å². The lowest BCUT2D eigenvalue weighted by atomic mass is 9.97. The number of ether oxygens (including phenoxy) is 3. The number of benzene rings is 2. The molecule has 0 fully saturated rings. The van der Waals surface area contributed by atoms with Crippen LogP contribution in [-0.4, -0.2) is 72.6 Å². The van der Waals surface area contributed by atoms with Gasteiger partial charge in [0, 0.05) is 6.42 Å². The summed E-state index contributed by atoms with van der Waals surface area (Å²) in [5, 5.41) is 10.2. The first-order valence-corrected chi connectivity index (χ1v) is 15.8. The second kappa shape index (κ2) is 19.0. The van der Waals surface area contributed by atoms with Gasteiger partial charge in [0.25, 0.3) is 0 Å². The van der Waals surface area contributed by atoms with Gasteiger partial charge in [-0.2, -0.15) is 0 Å². The van der Waals surface area contributed by atoms with Crippen molar-refractivity contribution in [2.45, 2.75) is 97.2 Å². The number of methoxy groups -OCH3 is 1. The average Bonchev–Trinajstić information content (AvgIpc) is 3.04. The van der Waals surface area contributed by atoms with E-state index in [4.69, 9.17) is 14.2 Å². The molecule has 0 saturated heterocycles. The molecule has 0 radical (unpaired) electrons. The van der Waals surface area contributed by atoms with Crippen LogP contribution in [0, 0.1) is 5.92 Å². The molecule has 0 aliphatic carbocycles. The highest BCUT2D eigenvalue weighted by Crippen LogP contribution is 2.12. The van der Waals surface area contributed by atoms with Gasteiger partial charge in [-0.15, -0.1) is 0 Å². The first-order valence-electron chi connectivity index (χ1n) is 15.8. The van der Waals surface area contributed by atoms with Crippen LogP contribution in [0.5, 0.6) is 0 Å². The fourth-order valence-corrected chi connectivity index (χ4v) is 4.43. The molecule has 0 aromatic heterocycles. The van der Waals surface area contributed by atoms with Crippen molar-refractivity contribution in [1.29, 1.82) is 0 Å². The summed E-state index contributed by atoms with van der Waals surface area (Å²) in [6.45, 7) is 9.88. The summed E-state index contributed by atoms with van der Waals surface area (Å²) in [6.07, 6.45) is -0.805. The van der Waals surface area contributed by atoms with Gasteiger partial charge >= 0.3 is 18.0 Å². The van der Waals surface area contributed by atoms with Gasteiger partial charge in [0.1, 0.15) is 36.4 Å². The highest BCUT2D eigenvalue weighted by Gasteiger charge is 2.33. The second-order valence-electron chi connectivity index (χ2n) is 12.4. The molecular formula is C35H48N4O9. The molecule has 262 valence electrons. The van der Waals surface area contributed by atoms with Gasteiger partial charge in [0.05, 0.1) is 13.5 Å². The number of amides is 4. The van der Waals surface area contributed by atoms with E-state index in [1.165, 1.54) is 14.0 Å². The fraction of sp³-hybridized carbons (Fsp3) is 0.486. The molecule has 13 nitrogen and oxygen atoms in total. The number of nitrogens with one attached hydrogen (secondary N) is 4. The van der Waals surface area contributed by atoms with E-state index < -0.39 is 71.9 Å². The van der Waals surface area contributed by atoms with Gasteiger partial charge in [-0.3, -0.25) is 19.2 Å². The molecule has 2 aromatic carbocycles. The molecule has 5 unspecified atom stereocenters. The molecule has 48 heavy (non-hydrogen) atoms. The molecule has 13 heteroatoms. The van der Waals surface area contributed by atoms with E-state index in [1.807, 2.05) is 43.3 Å². The average molecular weight is 669 g/mol. The lowest BCUT2D eigenvalue weighted by Crippen LogP contribution is -2.59. The van der Waals surface area contributed by atoms with Crippen molar-refractivity contribution in [1.82, 2.24) is 21.3 Å². The Morgan fingerprint density at radius 1 is 0.729 bits per heavy atom. The first kappa shape index (κ1) is 39.2. The Labute approximate surface area is 281 Å². The van der Waals surface area contributed by atoms with E-state index in [9.17, 15) is 28.8 Å². The van der Waals surface area contributed by atoms with E-state index in [1.54, 1.807) is 52.0 Å². The van der Waals surface area contributed by atoms with E-state index in [0.29, 0.717) is 6.42 Å². The molecule has 5 atom stereocenters. The lowest BCUT2D eigenvalue weighted by Gasteiger charge is -2.28. The van der Waals surface area contributed by atoms with Crippen LogP contribution in [0.15, 0.2) is 60.7 Å². The lowest BCUT2D eigenvalue weighted by molar-refractivity contribution is -0.147. The molecule has 0 aliphatic rings. The van der Waals surface area contributed by atoms with Gasteiger partial charge < -0.3 is 35.5 Å². The van der Waals surface area contributed by atoms with Crippen molar-refractivity contribution in [3.05, 3.63) is 71.8 Å². The highest BCUT2D eigenvalue weighted by molar-refractivity contribution is 5.95. The molecule has 0 spiro atoms. The molecule has 2 rings (SSSR count). The van der Waals surface area contributed by atoms with Crippen molar-refractivity contribution in [3.8, 4) is 0 Å². The molecule has 0 aliphatic heterocycles. The summed E-state index contributed by atoms with van der Waals surface area (Å²) in [4.78, 5) is 77.8. The van der Waals surface area contributed by atoms with E-state index in [-0.39, 0.29) is 18.9 Å². The van der Waals surface area contributed by atoms with Gasteiger partial charge in [0.2, 0.25) is 17.7 Å². The first-order chi connectivity index (χ1) is 22.6. The third-order valence-electron chi connectivity index (χ3n) is 7.25. The number of carbonyl (C=O) groups excluding carboxylic acids is 6. The monoisotopic (exact) mass is 668 g/mol. The number of alkyl carbamates (subject to hydrolysis) is 1. The number of carbonyl (C=O) groups is 6. The molecule has 4 N–H and O–H groups in total. The summed E-state index contributed by atoms with van der Waals surface area (Å²) in [7, 11) is 1.22.